The molecule has 1 amide bonds. The van der Waals surface area contributed by atoms with E-state index in [-0.39, 0.29) is 11.8 Å². The second-order valence-electron chi connectivity index (χ2n) is 6.94. The lowest BCUT2D eigenvalue weighted by Gasteiger charge is -2.20. The monoisotopic (exact) mass is 309 g/mol. The smallest absolute Gasteiger partial charge is 0.223 e. The molecule has 4 heteroatoms. The molecule has 120 valence electrons. The first-order chi connectivity index (χ1) is 11.3. The molecule has 1 heterocycles. The fourth-order valence-electron chi connectivity index (χ4n) is 4.26. The average Bonchev–Trinajstić information content (AvgIpc) is 3.33. The summed E-state index contributed by atoms with van der Waals surface area (Å²) in [6.07, 6.45) is 9.60. The molecule has 0 saturated heterocycles. The summed E-state index contributed by atoms with van der Waals surface area (Å²) in [5.74, 6) is 2.06. The number of carbonyl (C=O) groups excluding carboxylic acids is 1. The Morgan fingerprint density at radius 3 is 2.74 bits per heavy atom. The van der Waals surface area contributed by atoms with Crippen LogP contribution in [0.3, 0.4) is 0 Å². The van der Waals surface area contributed by atoms with Gasteiger partial charge in [0.05, 0.1) is 5.69 Å². The summed E-state index contributed by atoms with van der Waals surface area (Å²) in [7, 11) is 0. The number of benzene rings is 1. The number of carbonyl (C=O) groups is 1. The predicted molar refractivity (Wildman–Crippen MR) is 89.2 cm³/mol. The summed E-state index contributed by atoms with van der Waals surface area (Å²) >= 11 is 0. The highest BCUT2D eigenvalue weighted by molar-refractivity contribution is 5.79. The summed E-state index contributed by atoms with van der Waals surface area (Å²) in [5.41, 5.74) is 2.30. The number of hydrogen-bond donors (Lipinski definition) is 1. The average molecular weight is 309 g/mol. The number of rotatable bonds is 5. The van der Waals surface area contributed by atoms with Gasteiger partial charge in [0.2, 0.25) is 5.91 Å². The van der Waals surface area contributed by atoms with E-state index in [4.69, 9.17) is 0 Å². The molecule has 3 atom stereocenters. The van der Waals surface area contributed by atoms with Crippen molar-refractivity contribution in [3.63, 3.8) is 0 Å². The lowest BCUT2D eigenvalue weighted by molar-refractivity contribution is -0.126. The van der Waals surface area contributed by atoms with Gasteiger partial charge in [0.1, 0.15) is 0 Å². The van der Waals surface area contributed by atoms with Gasteiger partial charge in [0, 0.05) is 24.9 Å². The summed E-state index contributed by atoms with van der Waals surface area (Å²) in [5, 5.41) is 7.37. The second-order valence-corrected chi connectivity index (χ2v) is 6.94. The molecule has 4 nitrogen and oxygen atoms in total. The van der Waals surface area contributed by atoms with Crippen molar-refractivity contribution in [3.8, 4) is 5.69 Å². The Labute approximate surface area is 136 Å². The van der Waals surface area contributed by atoms with Crippen molar-refractivity contribution in [1.29, 1.82) is 0 Å². The molecule has 2 saturated carbocycles. The lowest BCUT2D eigenvalue weighted by atomic mass is 9.88. The van der Waals surface area contributed by atoms with Crippen molar-refractivity contribution >= 4 is 5.91 Å². The molecule has 2 aliphatic carbocycles. The van der Waals surface area contributed by atoms with Crippen LogP contribution in [0.5, 0.6) is 0 Å². The molecule has 3 unspecified atom stereocenters. The number of hydrogen-bond acceptors (Lipinski definition) is 2. The van der Waals surface area contributed by atoms with Gasteiger partial charge in [-0.05, 0) is 61.3 Å². The highest BCUT2D eigenvalue weighted by atomic mass is 16.1. The quantitative estimate of drug-likeness (QED) is 0.923. The minimum atomic E-state index is 0.283. The fourth-order valence-corrected chi connectivity index (χ4v) is 4.26. The number of fused-ring (bicyclic) bond motifs is 2. The van der Waals surface area contributed by atoms with Gasteiger partial charge in [-0.3, -0.25) is 4.79 Å². The summed E-state index contributed by atoms with van der Waals surface area (Å²) in [4.78, 5) is 12.3. The van der Waals surface area contributed by atoms with Crippen molar-refractivity contribution in [3.05, 3.63) is 48.3 Å². The topological polar surface area (TPSA) is 46.9 Å². The van der Waals surface area contributed by atoms with E-state index in [0.717, 1.165) is 31.0 Å². The Bertz CT molecular complexity index is 662. The molecular weight excluding hydrogens is 286 g/mol. The van der Waals surface area contributed by atoms with E-state index in [9.17, 15) is 4.79 Å². The molecule has 0 radical (unpaired) electrons. The normalized spacial score (nSPS) is 25.7. The van der Waals surface area contributed by atoms with Crippen molar-refractivity contribution < 1.29 is 4.79 Å². The first-order valence-corrected chi connectivity index (χ1v) is 8.66. The Balaban J connectivity index is 1.27. The van der Waals surface area contributed by atoms with Gasteiger partial charge < -0.3 is 5.32 Å². The van der Waals surface area contributed by atoms with Crippen LogP contribution < -0.4 is 5.32 Å². The maximum Gasteiger partial charge on any atom is 0.223 e. The molecule has 23 heavy (non-hydrogen) atoms. The molecular formula is C19H23N3O. The Hall–Kier alpha value is -2.10. The number of aromatic nitrogens is 2. The lowest BCUT2D eigenvalue weighted by Crippen LogP contribution is -2.34. The largest absolute Gasteiger partial charge is 0.356 e. The second kappa shape index (κ2) is 6.19. The van der Waals surface area contributed by atoms with Gasteiger partial charge >= 0.3 is 0 Å². The zero-order valence-electron chi connectivity index (χ0n) is 13.3. The summed E-state index contributed by atoms with van der Waals surface area (Å²) < 4.78 is 1.85. The summed E-state index contributed by atoms with van der Waals surface area (Å²) in [6.45, 7) is 0.730. The van der Waals surface area contributed by atoms with Gasteiger partial charge in [-0.15, -0.1) is 0 Å². The van der Waals surface area contributed by atoms with Gasteiger partial charge in [0.25, 0.3) is 0 Å². The maximum absolute atomic E-state index is 12.3. The van der Waals surface area contributed by atoms with Crippen LogP contribution in [0.1, 0.15) is 31.2 Å². The van der Waals surface area contributed by atoms with E-state index in [1.165, 1.54) is 24.8 Å². The molecule has 1 N–H and O–H groups in total. The molecule has 1 aromatic heterocycles. The van der Waals surface area contributed by atoms with E-state index in [0.29, 0.717) is 5.92 Å². The van der Waals surface area contributed by atoms with Gasteiger partial charge in [-0.25, -0.2) is 4.68 Å². The van der Waals surface area contributed by atoms with Crippen LogP contribution in [-0.2, 0) is 11.2 Å². The molecule has 0 spiro atoms. The zero-order chi connectivity index (χ0) is 15.6. The standard InChI is InChI=1S/C19H23N3O/c23-19(18-13-15-2-5-16(18)12-15)20-10-8-14-3-6-17(7-4-14)22-11-1-9-21-22/h1,3-4,6-7,9,11,15-16,18H,2,5,8,10,12-13H2,(H,20,23). The minimum Gasteiger partial charge on any atom is -0.356 e. The van der Waals surface area contributed by atoms with Crippen LogP contribution in [0.25, 0.3) is 5.69 Å². The third kappa shape index (κ3) is 3.03. The first-order valence-electron chi connectivity index (χ1n) is 8.66. The number of amides is 1. The minimum absolute atomic E-state index is 0.283. The molecule has 2 aromatic rings. The Morgan fingerprint density at radius 2 is 2.09 bits per heavy atom. The van der Waals surface area contributed by atoms with Crippen LogP contribution in [0, 0.1) is 17.8 Å². The molecule has 0 aliphatic heterocycles. The SMILES string of the molecule is O=C(NCCc1ccc(-n2cccn2)cc1)C1CC2CCC1C2. The zero-order valence-corrected chi connectivity index (χ0v) is 13.3. The van der Waals surface area contributed by atoms with Crippen LogP contribution in [0.4, 0.5) is 0 Å². The van der Waals surface area contributed by atoms with Gasteiger partial charge in [-0.1, -0.05) is 18.6 Å². The highest BCUT2D eigenvalue weighted by Crippen LogP contribution is 2.48. The molecule has 2 bridgehead atoms. The van der Waals surface area contributed by atoms with E-state index < -0.39 is 0 Å². The fraction of sp³-hybridized carbons (Fsp3) is 0.474. The van der Waals surface area contributed by atoms with Gasteiger partial charge in [-0.2, -0.15) is 5.10 Å². The van der Waals surface area contributed by atoms with Crippen LogP contribution >= 0.6 is 0 Å². The third-order valence-electron chi connectivity index (χ3n) is 5.49. The molecule has 1 aromatic carbocycles. The third-order valence-corrected chi connectivity index (χ3v) is 5.49. The number of nitrogens with zero attached hydrogens (tertiary/aromatic N) is 2. The van der Waals surface area contributed by atoms with Crippen molar-refractivity contribution in [2.24, 2.45) is 17.8 Å². The van der Waals surface area contributed by atoms with E-state index >= 15 is 0 Å². The van der Waals surface area contributed by atoms with Gasteiger partial charge in [0.15, 0.2) is 0 Å². The van der Waals surface area contributed by atoms with Crippen molar-refractivity contribution in [1.82, 2.24) is 15.1 Å². The van der Waals surface area contributed by atoms with Crippen molar-refractivity contribution in [2.45, 2.75) is 32.1 Å². The highest BCUT2D eigenvalue weighted by Gasteiger charge is 2.42. The first kappa shape index (κ1) is 14.5. The van der Waals surface area contributed by atoms with Crippen LogP contribution in [-0.4, -0.2) is 22.2 Å². The molecule has 2 fully saturated rings. The maximum atomic E-state index is 12.3. The molecule has 2 aliphatic rings. The summed E-state index contributed by atoms with van der Waals surface area (Å²) in [6, 6.07) is 10.3. The Kier molecular flexibility index (Phi) is 3.90. The number of nitrogens with one attached hydrogen (secondary N) is 1. The van der Waals surface area contributed by atoms with Crippen LogP contribution in [0.15, 0.2) is 42.7 Å². The van der Waals surface area contributed by atoms with Crippen LogP contribution in [0.2, 0.25) is 0 Å². The van der Waals surface area contributed by atoms with E-state index in [2.05, 4.69) is 34.7 Å². The van der Waals surface area contributed by atoms with Crippen molar-refractivity contribution in [2.75, 3.05) is 6.54 Å². The van der Waals surface area contributed by atoms with E-state index in [1.807, 2.05) is 16.9 Å². The van der Waals surface area contributed by atoms with E-state index in [1.54, 1.807) is 6.20 Å². The molecule has 4 rings (SSSR count). The predicted octanol–water partition coefficient (Wildman–Crippen LogP) is 2.97. The Morgan fingerprint density at radius 1 is 1.22 bits per heavy atom.